The Balaban J connectivity index is 1.91. The van der Waals surface area contributed by atoms with Crippen molar-refractivity contribution in [1.29, 1.82) is 0 Å². The number of likely N-dealkylation sites (tertiary alicyclic amines) is 1. The van der Waals surface area contributed by atoms with E-state index < -0.39 is 41.3 Å². The zero-order valence-corrected chi connectivity index (χ0v) is 17.2. The summed E-state index contributed by atoms with van der Waals surface area (Å²) < 4.78 is 39.8. The van der Waals surface area contributed by atoms with Gasteiger partial charge in [0.25, 0.3) is 0 Å². The van der Waals surface area contributed by atoms with Crippen molar-refractivity contribution in [2.75, 3.05) is 20.1 Å². The number of halogens is 3. The summed E-state index contributed by atoms with van der Waals surface area (Å²) in [6.45, 7) is 2.02. The molecule has 1 aromatic carbocycles. The number of likely N-dealkylation sites (N-methyl/N-ethyl adjacent to an activating group) is 2. The van der Waals surface area contributed by atoms with Gasteiger partial charge in [0.2, 0.25) is 17.7 Å². The van der Waals surface area contributed by atoms with Crippen molar-refractivity contribution in [1.82, 2.24) is 20.0 Å². The van der Waals surface area contributed by atoms with Gasteiger partial charge in [-0.3, -0.25) is 24.4 Å². The number of amides is 3. The number of imide groups is 1. The third-order valence-electron chi connectivity index (χ3n) is 5.64. The summed E-state index contributed by atoms with van der Waals surface area (Å²) in [5.41, 5.74) is -1.68. The predicted molar refractivity (Wildman–Crippen MR) is 105 cm³/mol. The Labute approximate surface area is 177 Å². The van der Waals surface area contributed by atoms with Crippen LogP contribution in [0.3, 0.4) is 0 Å². The van der Waals surface area contributed by atoms with Crippen LogP contribution in [0.1, 0.15) is 36.5 Å². The summed E-state index contributed by atoms with van der Waals surface area (Å²) in [7, 11) is 1.56. The highest BCUT2D eigenvalue weighted by Gasteiger charge is 2.54. The highest BCUT2D eigenvalue weighted by molar-refractivity contribution is 6.10. The van der Waals surface area contributed by atoms with Crippen LogP contribution in [-0.2, 0) is 32.4 Å². The van der Waals surface area contributed by atoms with Crippen LogP contribution < -0.4 is 0 Å². The van der Waals surface area contributed by atoms with E-state index in [0.29, 0.717) is 13.0 Å². The van der Waals surface area contributed by atoms with Crippen molar-refractivity contribution in [2.24, 2.45) is 0 Å². The first-order valence-corrected chi connectivity index (χ1v) is 9.82. The van der Waals surface area contributed by atoms with Crippen molar-refractivity contribution < 1.29 is 27.6 Å². The highest BCUT2D eigenvalue weighted by atomic mass is 19.4. The lowest BCUT2D eigenvalue weighted by molar-refractivity contribution is -0.142. The molecule has 1 saturated heterocycles. The number of aromatic amines is 1. The Morgan fingerprint density at radius 3 is 2.65 bits per heavy atom. The topological polar surface area (TPSA) is 86.4 Å². The van der Waals surface area contributed by atoms with E-state index in [1.165, 1.54) is 17.0 Å². The Morgan fingerprint density at radius 1 is 1.32 bits per heavy atom. The number of alkyl halides is 3. The van der Waals surface area contributed by atoms with Gasteiger partial charge < -0.3 is 4.90 Å². The minimum atomic E-state index is -4.61. The van der Waals surface area contributed by atoms with Crippen molar-refractivity contribution in [3.05, 3.63) is 53.3 Å². The molecule has 7 nitrogen and oxygen atoms in total. The van der Waals surface area contributed by atoms with Gasteiger partial charge in [-0.25, -0.2) is 0 Å². The number of H-pyrrole nitrogens is 1. The molecule has 1 aliphatic heterocycles. The Kier molecular flexibility index (Phi) is 6.19. The number of carbonyl (C=O) groups excluding carboxylic acids is 3. The summed E-state index contributed by atoms with van der Waals surface area (Å²) in [4.78, 5) is 41.0. The number of hydrogen-bond acceptors (Lipinski definition) is 4. The van der Waals surface area contributed by atoms with E-state index in [-0.39, 0.29) is 18.5 Å². The molecule has 1 aliphatic rings. The van der Waals surface area contributed by atoms with Crippen LogP contribution in [0.2, 0.25) is 0 Å². The van der Waals surface area contributed by atoms with Gasteiger partial charge in [0, 0.05) is 39.2 Å². The fraction of sp³-hybridized carbons (Fsp3) is 0.429. The van der Waals surface area contributed by atoms with Gasteiger partial charge in [-0.05, 0) is 30.5 Å². The van der Waals surface area contributed by atoms with E-state index >= 15 is 0 Å². The third kappa shape index (κ3) is 4.47. The van der Waals surface area contributed by atoms with Gasteiger partial charge in [0.15, 0.2) is 0 Å². The summed E-state index contributed by atoms with van der Waals surface area (Å²) in [6, 6.07) is 4.33. The molecule has 10 heteroatoms. The summed E-state index contributed by atoms with van der Waals surface area (Å²) in [5, 5.41) is 6.51. The third-order valence-corrected chi connectivity index (χ3v) is 5.64. The van der Waals surface area contributed by atoms with Gasteiger partial charge in [0.05, 0.1) is 17.2 Å². The maximum absolute atomic E-state index is 13.3. The molecule has 0 saturated carbocycles. The molecule has 1 N–H and O–H groups in total. The predicted octanol–water partition coefficient (Wildman–Crippen LogP) is 2.54. The lowest BCUT2D eigenvalue weighted by Gasteiger charge is -2.29. The first-order chi connectivity index (χ1) is 14.6. The fourth-order valence-electron chi connectivity index (χ4n) is 3.81. The number of hydrogen-bond donors (Lipinski definition) is 1. The maximum Gasteiger partial charge on any atom is 0.416 e. The summed E-state index contributed by atoms with van der Waals surface area (Å²) in [6.07, 6.45) is -1.51. The molecule has 0 unspecified atom stereocenters. The molecule has 1 atom stereocenters. The number of benzene rings is 1. The molecule has 166 valence electrons. The summed E-state index contributed by atoms with van der Waals surface area (Å²) >= 11 is 0. The van der Waals surface area contributed by atoms with Crippen molar-refractivity contribution in [3.8, 4) is 0 Å². The van der Waals surface area contributed by atoms with Crippen LogP contribution in [0.15, 0.2) is 36.7 Å². The molecule has 3 amide bonds. The summed E-state index contributed by atoms with van der Waals surface area (Å²) in [5.74, 6) is -1.57. The smallest absolute Gasteiger partial charge is 0.345 e. The van der Waals surface area contributed by atoms with Crippen molar-refractivity contribution in [2.45, 2.75) is 37.8 Å². The largest absolute Gasteiger partial charge is 0.416 e. The number of nitrogens with zero attached hydrogens (tertiary/aromatic N) is 3. The standard InChI is InChI=1S/C21H23F3N4O3/c1-3-28-18(30)11-20(19(28)31,15-5-4-6-16(9-15)21(22,23)24)10-17(29)27(2)8-7-14-12-25-26-13-14/h4-6,9,12-13H,3,7-8,10-11H2,1-2H3,(H,25,26)/t20-/m1/s1. The van der Waals surface area contributed by atoms with Crippen LogP contribution in [0, 0.1) is 0 Å². The Bertz CT molecular complexity index is 974. The second-order valence-corrected chi connectivity index (χ2v) is 7.63. The van der Waals surface area contributed by atoms with E-state index in [2.05, 4.69) is 10.2 Å². The van der Waals surface area contributed by atoms with Gasteiger partial charge >= 0.3 is 6.18 Å². The molecule has 31 heavy (non-hydrogen) atoms. The minimum Gasteiger partial charge on any atom is -0.345 e. The molecule has 0 bridgehead atoms. The number of aromatic nitrogens is 2. The monoisotopic (exact) mass is 436 g/mol. The second kappa shape index (κ2) is 8.52. The number of nitrogens with one attached hydrogen (secondary N) is 1. The van der Waals surface area contributed by atoms with E-state index in [4.69, 9.17) is 0 Å². The van der Waals surface area contributed by atoms with Crippen LogP contribution in [0.4, 0.5) is 13.2 Å². The van der Waals surface area contributed by atoms with E-state index in [0.717, 1.165) is 22.6 Å². The molecule has 3 rings (SSSR count). The average Bonchev–Trinajstić information content (AvgIpc) is 3.32. The van der Waals surface area contributed by atoms with E-state index in [1.807, 2.05) is 0 Å². The average molecular weight is 436 g/mol. The Hall–Kier alpha value is -3.17. The first-order valence-electron chi connectivity index (χ1n) is 9.82. The van der Waals surface area contributed by atoms with Crippen LogP contribution in [-0.4, -0.2) is 57.9 Å². The molecule has 0 aliphatic carbocycles. The van der Waals surface area contributed by atoms with Gasteiger partial charge in [0.1, 0.15) is 0 Å². The molecule has 0 radical (unpaired) electrons. The number of carbonyl (C=O) groups is 3. The lowest BCUT2D eigenvalue weighted by Crippen LogP contribution is -2.43. The van der Waals surface area contributed by atoms with Crippen LogP contribution in [0.5, 0.6) is 0 Å². The Morgan fingerprint density at radius 2 is 2.06 bits per heavy atom. The zero-order chi connectivity index (χ0) is 22.8. The van der Waals surface area contributed by atoms with Gasteiger partial charge in [-0.1, -0.05) is 18.2 Å². The molecule has 1 aromatic heterocycles. The van der Waals surface area contributed by atoms with E-state index in [1.54, 1.807) is 26.4 Å². The lowest BCUT2D eigenvalue weighted by atomic mass is 9.75. The van der Waals surface area contributed by atoms with Crippen LogP contribution >= 0.6 is 0 Å². The maximum atomic E-state index is 13.3. The minimum absolute atomic E-state index is 0.0215. The second-order valence-electron chi connectivity index (χ2n) is 7.63. The van der Waals surface area contributed by atoms with Gasteiger partial charge in [-0.2, -0.15) is 18.3 Å². The first kappa shape index (κ1) is 22.5. The molecule has 2 heterocycles. The molecule has 1 fully saturated rings. The molecular weight excluding hydrogens is 413 g/mol. The molecular formula is C21H23F3N4O3. The molecule has 0 spiro atoms. The number of rotatable bonds is 7. The zero-order valence-electron chi connectivity index (χ0n) is 17.2. The van der Waals surface area contributed by atoms with Crippen molar-refractivity contribution >= 4 is 17.7 Å². The normalized spacial score (nSPS) is 19.2. The SMILES string of the molecule is CCN1C(=O)C[C@](CC(=O)N(C)CCc2cn[nH]c2)(c2cccc(C(F)(F)F)c2)C1=O. The van der Waals surface area contributed by atoms with Crippen LogP contribution in [0.25, 0.3) is 0 Å². The molecule has 2 aromatic rings. The van der Waals surface area contributed by atoms with Crippen molar-refractivity contribution in [3.63, 3.8) is 0 Å². The fourth-order valence-corrected chi connectivity index (χ4v) is 3.81. The van der Waals surface area contributed by atoms with Gasteiger partial charge in [-0.15, -0.1) is 0 Å². The van der Waals surface area contributed by atoms with E-state index in [9.17, 15) is 27.6 Å². The highest BCUT2D eigenvalue weighted by Crippen LogP contribution is 2.42. The quantitative estimate of drug-likeness (QED) is 0.676.